The number of isocyanates is 1. The zero-order valence-electron chi connectivity index (χ0n) is 10.3. The van der Waals surface area contributed by atoms with E-state index in [1.165, 1.54) is 17.5 Å². The maximum atomic E-state index is 10.7. The van der Waals surface area contributed by atoms with Crippen LogP contribution in [-0.4, -0.2) is 6.08 Å². The van der Waals surface area contributed by atoms with E-state index < -0.39 is 0 Å². The van der Waals surface area contributed by atoms with Crippen molar-refractivity contribution in [1.29, 1.82) is 0 Å². The van der Waals surface area contributed by atoms with Gasteiger partial charge in [-0.2, -0.15) is 4.99 Å². The van der Waals surface area contributed by atoms with Crippen LogP contribution in [0.15, 0.2) is 17.1 Å². The lowest BCUT2D eigenvalue weighted by molar-refractivity contribution is 0.455. The normalized spacial score (nSPS) is 20.5. The third-order valence-corrected chi connectivity index (χ3v) is 4.73. The van der Waals surface area contributed by atoms with Gasteiger partial charge in [0.05, 0.1) is 5.54 Å². The van der Waals surface area contributed by atoms with Crippen molar-refractivity contribution in [2.45, 2.75) is 50.5 Å². The average molecular weight is 262 g/mol. The molecule has 1 saturated carbocycles. The van der Waals surface area contributed by atoms with E-state index in [1.54, 1.807) is 6.08 Å². The third kappa shape index (κ3) is 1.81. The standard InChI is InChI=1S/C15H16ClNO/c16-14-9-12(8-11-4-3-5-13(11)14)15(17-10-18)6-1-2-7-15/h8-9H,1-7H2. The minimum atomic E-state index is -0.344. The predicted molar refractivity (Wildman–Crippen MR) is 71.7 cm³/mol. The number of carbonyl (C=O) groups excluding carboxylic acids is 1. The Morgan fingerprint density at radius 1 is 1.17 bits per heavy atom. The monoisotopic (exact) mass is 261 g/mol. The number of fused-ring (bicyclic) bond motifs is 1. The summed E-state index contributed by atoms with van der Waals surface area (Å²) in [6.07, 6.45) is 9.27. The molecule has 0 unspecified atom stereocenters. The number of rotatable bonds is 2. The number of aliphatic imine (C=N–C) groups is 1. The van der Waals surface area contributed by atoms with Gasteiger partial charge in [-0.3, -0.25) is 0 Å². The molecule has 3 heteroatoms. The first-order valence-electron chi connectivity index (χ1n) is 6.66. The smallest absolute Gasteiger partial charge is 0.211 e. The Morgan fingerprint density at radius 2 is 1.94 bits per heavy atom. The molecule has 0 heterocycles. The molecule has 1 fully saturated rings. The van der Waals surface area contributed by atoms with Crippen LogP contribution in [0.1, 0.15) is 48.8 Å². The maximum Gasteiger partial charge on any atom is 0.235 e. The van der Waals surface area contributed by atoms with Gasteiger partial charge in [0.2, 0.25) is 6.08 Å². The van der Waals surface area contributed by atoms with Crippen LogP contribution in [0.25, 0.3) is 0 Å². The summed E-state index contributed by atoms with van der Waals surface area (Å²) in [5.41, 5.74) is 3.42. The summed E-state index contributed by atoms with van der Waals surface area (Å²) in [6.45, 7) is 0. The second-order valence-electron chi connectivity index (χ2n) is 5.39. The zero-order chi connectivity index (χ0) is 12.6. The molecule has 2 aliphatic rings. The molecule has 0 amide bonds. The lowest BCUT2D eigenvalue weighted by Gasteiger charge is -2.24. The molecule has 94 valence electrons. The first-order valence-corrected chi connectivity index (χ1v) is 7.04. The molecule has 0 radical (unpaired) electrons. The van der Waals surface area contributed by atoms with Crippen molar-refractivity contribution in [3.8, 4) is 0 Å². The second-order valence-corrected chi connectivity index (χ2v) is 5.80. The van der Waals surface area contributed by atoms with E-state index in [9.17, 15) is 4.79 Å². The summed E-state index contributed by atoms with van der Waals surface area (Å²) < 4.78 is 0. The molecule has 2 aliphatic carbocycles. The summed E-state index contributed by atoms with van der Waals surface area (Å²) in [7, 11) is 0. The van der Waals surface area contributed by atoms with Gasteiger partial charge in [-0.25, -0.2) is 4.79 Å². The van der Waals surface area contributed by atoms with Gasteiger partial charge in [0.1, 0.15) is 0 Å². The van der Waals surface area contributed by atoms with Crippen molar-refractivity contribution in [3.05, 3.63) is 33.8 Å². The summed E-state index contributed by atoms with van der Waals surface area (Å²) in [6, 6.07) is 4.25. The number of benzene rings is 1. The highest BCUT2D eigenvalue weighted by molar-refractivity contribution is 6.31. The van der Waals surface area contributed by atoms with Gasteiger partial charge in [0, 0.05) is 5.02 Å². The number of hydrogen-bond acceptors (Lipinski definition) is 2. The lowest BCUT2D eigenvalue weighted by Crippen LogP contribution is -2.19. The van der Waals surface area contributed by atoms with Crippen molar-refractivity contribution in [2.75, 3.05) is 0 Å². The highest BCUT2D eigenvalue weighted by atomic mass is 35.5. The molecule has 18 heavy (non-hydrogen) atoms. The summed E-state index contributed by atoms with van der Waals surface area (Å²) >= 11 is 6.38. The van der Waals surface area contributed by atoms with Gasteiger partial charge in [-0.05, 0) is 54.9 Å². The Morgan fingerprint density at radius 3 is 2.67 bits per heavy atom. The fraction of sp³-hybridized carbons (Fsp3) is 0.533. The van der Waals surface area contributed by atoms with Gasteiger partial charge in [-0.1, -0.05) is 30.5 Å². The van der Waals surface area contributed by atoms with Gasteiger partial charge in [0.25, 0.3) is 0 Å². The third-order valence-electron chi connectivity index (χ3n) is 4.39. The molecule has 0 atom stereocenters. The van der Waals surface area contributed by atoms with E-state index in [0.29, 0.717) is 0 Å². The van der Waals surface area contributed by atoms with Crippen LogP contribution in [0.5, 0.6) is 0 Å². The van der Waals surface area contributed by atoms with Crippen LogP contribution in [0.2, 0.25) is 5.02 Å². The molecular weight excluding hydrogens is 246 g/mol. The van der Waals surface area contributed by atoms with Crippen molar-refractivity contribution < 1.29 is 4.79 Å². The summed E-state index contributed by atoms with van der Waals surface area (Å²) in [4.78, 5) is 14.9. The van der Waals surface area contributed by atoms with Crippen LogP contribution in [0.3, 0.4) is 0 Å². The first-order chi connectivity index (χ1) is 8.75. The van der Waals surface area contributed by atoms with Gasteiger partial charge < -0.3 is 0 Å². The molecule has 0 spiro atoms. The van der Waals surface area contributed by atoms with E-state index in [1.807, 2.05) is 6.07 Å². The fourth-order valence-electron chi connectivity index (χ4n) is 3.43. The number of hydrogen-bond donors (Lipinski definition) is 0. The molecule has 0 aromatic heterocycles. The molecule has 0 aliphatic heterocycles. The van der Waals surface area contributed by atoms with E-state index >= 15 is 0 Å². The molecule has 0 saturated heterocycles. The highest BCUT2D eigenvalue weighted by Crippen LogP contribution is 2.44. The van der Waals surface area contributed by atoms with Crippen molar-refractivity contribution in [1.82, 2.24) is 0 Å². The van der Waals surface area contributed by atoms with Gasteiger partial charge >= 0.3 is 0 Å². The van der Waals surface area contributed by atoms with Crippen LogP contribution in [-0.2, 0) is 23.2 Å². The average Bonchev–Trinajstić information content (AvgIpc) is 2.98. The highest BCUT2D eigenvalue weighted by Gasteiger charge is 2.36. The SMILES string of the molecule is O=C=NC1(c2cc(Cl)c3c(c2)CCC3)CCCC1. The minimum absolute atomic E-state index is 0.344. The fourth-order valence-corrected chi connectivity index (χ4v) is 3.77. The van der Waals surface area contributed by atoms with Crippen LogP contribution in [0, 0.1) is 0 Å². The maximum absolute atomic E-state index is 10.7. The Bertz CT molecular complexity index is 526. The summed E-state index contributed by atoms with van der Waals surface area (Å²) in [5.74, 6) is 0. The number of aryl methyl sites for hydroxylation is 1. The molecule has 2 nitrogen and oxygen atoms in total. The Hall–Kier alpha value is -1.11. The van der Waals surface area contributed by atoms with Crippen LogP contribution >= 0.6 is 11.6 Å². The topological polar surface area (TPSA) is 29.4 Å². The van der Waals surface area contributed by atoms with Gasteiger partial charge in [0.15, 0.2) is 0 Å². The Kier molecular flexibility index (Phi) is 3.01. The Labute approximate surface area is 112 Å². The molecule has 0 N–H and O–H groups in total. The summed E-state index contributed by atoms with van der Waals surface area (Å²) in [5, 5.41) is 0.854. The van der Waals surface area contributed by atoms with Crippen molar-refractivity contribution in [3.63, 3.8) is 0 Å². The zero-order valence-corrected chi connectivity index (χ0v) is 11.1. The first kappa shape index (κ1) is 12.0. The molecule has 1 aromatic carbocycles. The lowest BCUT2D eigenvalue weighted by atomic mass is 9.87. The molecule has 0 bridgehead atoms. The second kappa shape index (κ2) is 4.53. The van der Waals surface area contributed by atoms with Crippen LogP contribution < -0.4 is 0 Å². The number of halogens is 1. The van der Waals surface area contributed by atoms with E-state index in [-0.39, 0.29) is 5.54 Å². The quantitative estimate of drug-likeness (QED) is 0.586. The van der Waals surface area contributed by atoms with Gasteiger partial charge in [-0.15, -0.1) is 0 Å². The van der Waals surface area contributed by atoms with E-state index in [0.717, 1.165) is 49.1 Å². The predicted octanol–water partition coefficient (Wildman–Crippen LogP) is 3.93. The molecule has 1 aromatic rings. The Balaban J connectivity index is 2.11. The van der Waals surface area contributed by atoms with Crippen molar-refractivity contribution in [2.24, 2.45) is 4.99 Å². The molecule has 3 rings (SSSR count). The minimum Gasteiger partial charge on any atom is -0.211 e. The molecular formula is C15H16ClNO. The number of nitrogens with zero attached hydrogens (tertiary/aromatic N) is 1. The van der Waals surface area contributed by atoms with Crippen molar-refractivity contribution >= 4 is 17.7 Å². The largest absolute Gasteiger partial charge is 0.235 e. The van der Waals surface area contributed by atoms with Crippen LogP contribution in [0.4, 0.5) is 0 Å². The van der Waals surface area contributed by atoms with E-state index in [2.05, 4.69) is 11.1 Å². The van der Waals surface area contributed by atoms with E-state index in [4.69, 9.17) is 11.6 Å².